The number of hydrogen-bond donors (Lipinski definition) is 1. The van der Waals surface area contributed by atoms with Gasteiger partial charge in [-0.25, -0.2) is 0 Å². The number of aromatic nitrogens is 3. The molecule has 19 heavy (non-hydrogen) atoms. The minimum absolute atomic E-state index is 0.514. The average Bonchev–Trinajstić information content (AvgIpc) is 2.74. The van der Waals surface area contributed by atoms with E-state index in [-0.39, 0.29) is 0 Å². The van der Waals surface area contributed by atoms with Crippen molar-refractivity contribution < 1.29 is 9.84 Å². The normalized spacial score (nSPS) is 23.9. The molecule has 1 aromatic heterocycles. The Hall–Kier alpha value is -1.24. The average molecular weight is 324 g/mol. The molecular formula is C13H14BrN3O2. The van der Waals surface area contributed by atoms with Crippen molar-refractivity contribution in [2.24, 2.45) is 7.05 Å². The Morgan fingerprint density at radius 3 is 2.84 bits per heavy atom. The summed E-state index contributed by atoms with van der Waals surface area (Å²) in [4.78, 5) is 0. The van der Waals surface area contributed by atoms with Crippen LogP contribution in [0, 0.1) is 0 Å². The Morgan fingerprint density at radius 1 is 1.53 bits per heavy atom. The van der Waals surface area contributed by atoms with Gasteiger partial charge in [0.1, 0.15) is 18.0 Å². The van der Waals surface area contributed by atoms with Crippen LogP contribution < -0.4 is 0 Å². The number of aliphatic hydroxyl groups is 1. The highest BCUT2D eigenvalue weighted by atomic mass is 79.9. The quantitative estimate of drug-likeness (QED) is 0.937. The van der Waals surface area contributed by atoms with Crippen molar-refractivity contribution in [3.05, 3.63) is 46.5 Å². The van der Waals surface area contributed by atoms with Crippen molar-refractivity contribution in [1.82, 2.24) is 14.8 Å². The third-order valence-electron chi connectivity index (χ3n) is 3.58. The fraction of sp³-hybridized carbons (Fsp3) is 0.385. The van der Waals surface area contributed by atoms with Crippen LogP contribution in [0.1, 0.15) is 23.9 Å². The van der Waals surface area contributed by atoms with Gasteiger partial charge in [-0.3, -0.25) is 0 Å². The van der Waals surface area contributed by atoms with Gasteiger partial charge in [0.15, 0.2) is 5.82 Å². The molecule has 1 aromatic carbocycles. The topological polar surface area (TPSA) is 60.2 Å². The Morgan fingerprint density at radius 2 is 2.32 bits per heavy atom. The molecule has 0 saturated carbocycles. The number of ether oxygens (including phenoxy) is 1. The van der Waals surface area contributed by atoms with Crippen LogP contribution in [0.3, 0.4) is 0 Å². The molecule has 5 nitrogen and oxygen atoms in total. The monoisotopic (exact) mass is 323 g/mol. The summed E-state index contributed by atoms with van der Waals surface area (Å²) < 4.78 is 8.43. The third-order valence-corrected chi connectivity index (χ3v) is 4.07. The van der Waals surface area contributed by atoms with Crippen molar-refractivity contribution in [3.8, 4) is 0 Å². The molecule has 1 aliphatic heterocycles. The zero-order valence-electron chi connectivity index (χ0n) is 10.5. The molecule has 2 heterocycles. The molecule has 0 aliphatic carbocycles. The molecule has 0 bridgehead atoms. The highest BCUT2D eigenvalue weighted by Gasteiger charge is 2.49. The first kappa shape index (κ1) is 12.8. The van der Waals surface area contributed by atoms with Crippen molar-refractivity contribution in [2.45, 2.75) is 18.1 Å². The highest BCUT2D eigenvalue weighted by molar-refractivity contribution is 9.10. The molecular weight excluding hydrogens is 310 g/mol. The Bertz CT molecular complexity index is 595. The largest absolute Gasteiger partial charge is 0.382 e. The van der Waals surface area contributed by atoms with E-state index in [4.69, 9.17) is 4.74 Å². The van der Waals surface area contributed by atoms with Crippen LogP contribution in [-0.2, 0) is 17.4 Å². The maximum Gasteiger partial charge on any atom is 0.164 e. The molecule has 1 N–H and O–H groups in total. The van der Waals surface area contributed by atoms with Gasteiger partial charge in [0, 0.05) is 17.9 Å². The summed E-state index contributed by atoms with van der Waals surface area (Å²) in [7, 11) is 1.81. The Balaban J connectivity index is 2.02. The fourth-order valence-electron chi connectivity index (χ4n) is 2.42. The number of halogens is 1. The van der Waals surface area contributed by atoms with Gasteiger partial charge in [-0.2, -0.15) is 0 Å². The molecule has 100 valence electrons. The van der Waals surface area contributed by atoms with E-state index in [2.05, 4.69) is 26.1 Å². The summed E-state index contributed by atoms with van der Waals surface area (Å²) in [6, 6.07) is 7.82. The first-order valence-corrected chi connectivity index (χ1v) is 6.85. The number of aliphatic hydroxyl groups excluding tert-OH is 1. The zero-order chi connectivity index (χ0) is 13.5. The molecule has 3 rings (SSSR count). The zero-order valence-corrected chi connectivity index (χ0v) is 12.0. The lowest BCUT2D eigenvalue weighted by atomic mass is 9.81. The minimum atomic E-state index is -0.831. The van der Waals surface area contributed by atoms with Crippen LogP contribution in [0.2, 0.25) is 0 Å². The molecule has 0 spiro atoms. The van der Waals surface area contributed by atoms with Gasteiger partial charge >= 0.3 is 0 Å². The minimum Gasteiger partial charge on any atom is -0.382 e. The molecule has 2 atom stereocenters. The molecule has 2 aromatic rings. The van der Waals surface area contributed by atoms with Crippen LogP contribution in [0.25, 0.3) is 0 Å². The van der Waals surface area contributed by atoms with Crippen molar-refractivity contribution in [1.29, 1.82) is 0 Å². The van der Waals surface area contributed by atoms with Gasteiger partial charge in [-0.1, -0.05) is 28.1 Å². The maximum atomic E-state index is 10.6. The lowest BCUT2D eigenvalue weighted by Gasteiger charge is -2.45. The lowest BCUT2D eigenvalue weighted by Crippen LogP contribution is -2.46. The van der Waals surface area contributed by atoms with Crippen molar-refractivity contribution in [2.75, 3.05) is 6.61 Å². The Labute approximate surface area is 119 Å². The van der Waals surface area contributed by atoms with Gasteiger partial charge in [0.05, 0.1) is 6.61 Å². The fourth-order valence-corrected chi connectivity index (χ4v) is 2.82. The Kier molecular flexibility index (Phi) is 3.16. The van der Waals surface area contributed by atoms with E-state index in [1.54, 1.807) is 10.9 Å². The summed E-state index contributed by atoms with van der Waals surface area (Å²) in [5, 5.41) is 18.4. The second-order valence-corrected chi connectivity index (χ2v) is 5.62. The van der Waals surface area contributed by atoms with E-state index in [9.17, 15) is 5.11 Å². The molecule has 1 fully saturated rings. The number of benzene rings is 1. The van der Waals surface area contributed by atoms with Crippen LogP contribution in [-0.4, -0.2) is 26.5 Å². The van der Waals surface area contributed by atoms with Crippen molar-refractivity contribution in [3.63, 3.8) is 0 Å². The van der Waals surface area contributed by atoms with Gasteiger partial charge in [-0.05, 0) is 17.7 Å². The van der Waals surface area contributed by atoms with Gasteiger partial charge < -0.3 is 14.4 Å². The van der Waals surface area contributed by atoms with Gasteiger partial charge in [0.2, 0.25) is 0 Å². The first-order chi connectivity index (χ1) is 9.13. The molecule has 0 amide bonds. The number of nitrogens with zero attached hydrogens (tertiary/aromatic N) is 3. The van der Waals surface area contributed by atoms with Crippen molar-refractivity contribution >= 4 is 15.9 Å². The van der Waals surface area contributed by atoms with E-state index in [1.807, 2.05) is 31.3 Å². The summed E-state index contributed by atoms with van der Waals surface area (Å²) >= 11 is 3.45. The summed E-state index contributed by atoms with van der Waals surface area (Å²) in [6.07, 6.45) is 1.51. The number of hydrogen-bond acceptors (Lipinski definition) is 4. The van der Waals surface area contributed by atoms with Gasteiger partial charge in [-0.15, -0.1) is 10.2 Å². The summed E-state index contributed by atoms with van der Waals surface area (Å²) in [6.45, 7) is 0.640. The molecule has 0 radical (unpaired) electrons. The smallest absolute Gasteiger partial charge is 0.164 e. The van der Waals surface area contributed by atoms with E-state index < -0.39 is 11.7 Å². The molecule has 1 aliphatic rings. The van der Waals surface area contributed by atoms with E-state index in [0.29, 0.717) is 12.4 Å². The molecule has 2 unspecified atom stereocenters. The SMILES string of the molecule is Cn1cnnc1C(O)C1(c2cccc(Br)c2)CCO1. The van der Waals surface area contributed by atoms with Crippen LogP contribution >= 0.6 is 15.9 Å². The standard InChI is InChI=1S/C13H14BrN3O2/c1-17-8-15-16-12(17)11(18)13(5-6-19-13)9-3-2-4-10(14)7-9/h2-4,7-8,11,18H,5-6H2,1H3. The third kappa shape index (κ3) is 2.00. The predicted molar refractivity (Wildman–Crippen MR) is 72.4 cm³/mol. The second-order valence-electron chi connectivity index (χ2n) is 4.70. The second kappa shape index (κ2) is 4.70. The first-order valence-electron chi connectivity index (χ1n) is 6.05. The molecule has 1 saturated heterocycles. The number of aryl methyl sites for hydroxylation is 1. The number of rotatable bonds is 3. The summed E-state index contributed by atoms with van der Waals surface area (Å²) in [5.74, 6) is 0.514. The summed E-state index contributed by atoms with van der Waals surface area (Å²) in [5.41, 5.74) is 0.230. The molecule has 6 heteroatoms. The van der Waals surface area contributed by atoms with Crippen LogP contribution in [0.5, 0.6) is 0 Å². The lowest BCUT2D eigenvalue weighted by molar-refractivity contribution is -0.218. The van der Waals surface area contributed by atoms with Gasteiger partial charge in [0.25, 0.3) is 0 Å². The van der Waals surface area contributed by atoms with E-state index in [1.165, 1.54) is 0 Å². The van der Waals surface area contributed by atoms with E-state index in [0.717, 1.165) is 16.5 Å². The highest BCUT2D eigenvalue weighted by Crippen LogP contribution is 2.47. The van der Waals surface area contributed by atoms with E-state index >= 15 is 0 Å². The predicted octanol–water partition coefficient (Wildman–Crippen LogP) is 1.93. The van der Waals surface area contributed by atoms with Crippen LogP contribution in [0.4, 0.5) is 0 Å². The maximum absolute atomic E-state index is 10.6. The van der Waals surface area contributed by atoms with Crippen LogP contribution in [0.15, 0.2) is 35.1 Å².